The molecule has 0 radical (unpaired) electrons. The van der Waals surface area contributed by atoms with Gasteiger partial charge in [-0.25, -0.2) is 4.98 Å². The van der Waals surface area contributed by atoms with Crippen molar-refractivity contribution >= 4 is 11.6 Å². The highest BCUT2D eigenvalue weighted by atomic mass is 19.4. The topological polar surface area (TPSA) is 59.4 Å². The summed E-state index contributed by atoms with van der Waals surface area (Å²) in [7, 11) is 1.54. The quantitative estimate of drug-likeness (QED) is 0.607. The van der Waals surface area contributed by atoms with Gasteiger partial charge < -0.3 is 19.5 Å². The van der Waals surface area contributed by atoms with Crippen LogP contribution in [0.15, 0.2) is 55.0 Å². The van der Waals surface area contributed by atoms with Crippen molar-refractivity contribution in [2.45, 2.75) is 32.0 Å². The minimum absolute atomic E-state index is 0.178. The number of rotatable bonds is 5. The van der Waals surface area contributed by atoms with E-state index in [1.165, 1.54) is 6.07 Å². The van der Waals surface area contributed by atoms with Gasteiger partial charge in [-0.15, -0.1) is 0 Å². The van der Waals surface area contributed by atoms with Crippen LogP contribution in [0.3, 0.4) is 0 Å². The molecule has 0 bridgehead atoms. The Morgan fingerprint density at radius 1 is 1.21 bits per heavy atom. The highest BCUT2D eigenvalue weighted by Crippen LogP contribution is 2.32. The third-order valence-corrected chi connectivity index (χ3v) is 5.73. The first-order valence-corrected chi connectivity index (χ1v) is 10.7. The zero-order valence-electron chi connectivity index (χ0n) is 18.4. The fourth-order valence-corrected chi connectivity index (χ4v) is 4.06. The van der Waals surface area contributed by atoms with Gasteiger partial charge in [0.15, 0.2) is 0 Å². The maximum absolute atomic E-state index is 13.1. The zero-order valence-corrected chi connectivity index (χ0v) is 18.4. The van der Waals surface area contributed by atoms with Gasteiger partial charge in [-0.3, -0.25) is 4.79 Å². The first-order chi connectivity index (χ1) is 15.7. The summed E-state index contributed by atoms with van der Waals surface area (Å²) in [4.78, 5) is 19.0. The van der Waals surface area contributed by atoms with Crippen LogP contribution in [0, 0.1) is 6.92 Å². The average Bonchev–Trinajstić information content (AvgIpc) is 3.24. The van der Waals surface area contributed by atoms with Gasteiger partial charge in [0, 0.05) is 36.6 Å². The van der Waals surface area contributed by atoms with Crippen molar-refractivity contribution in [2.75, 3.05) is 25.1 Å². The van der Waals surface area contributed by atoms with Crippen LogP contribution >= 0.6 is 0 Å². The average molecular weight is 458 g/mol. The zero-order chi connectivity index (χ0) is 23.6. The van der Waals surface area contributed by atoms with E-state index in [2.05, 4.69) is 10.3 Å². The van der Waals surface area contributed by atoms with Crippen molar-refractivity contribution in [3.05, 3.63) is 71.8 Å². The number of aromatic nitrogens is 2. The highest BCUT2D eigenvalue weighted by Gasteiger charge is 2.31. The Morgan fingerprint density at radius 3 is 2.73 bits per heavy atom. The second kappa shape index (κ2) is 9.17. The van der Waals surface area contributed by atoms with E-state index in [1.807, 2.05) is 22.6 Å². The predicted molar refractivity (Wildman–Crippen MR) is 119 cm³/mol. The van der Waals surface area contributed by atoms with E-state index >= 15 is 0 Å². The van der Waals surface area contributed by atoms with Gasteiger partial charge in [0.25, 0.3) is 5.91 Å². The van der Waals surface area contributed by atoms with Gasteiger partial charge in [0.1, 0.15) is 5.75 Å². The Morgan fingerprint density at radius 2 is 2.03 bits per heavy atom. The molecule has 2 heterocycles. The molecule has 9 heteroatoms. The number of carbonyl (C=O) groups excluding carboxylic acids is 1. The number of imidazole rings is 1. The molecule has 1 fully saturated rings. The lowest BCUT2D eigenvalue weighted by Gasteiger charge is -2.35. The number of benzene rings is 2. The number of aryl methyl sites for hydroxylation is 1. The summed E-state index contributed by atoms with van der Waals surface area (Å²) in [5.74, 6) is 0.284. The van der Waals surface area contributed by atoms with Crippen LogP contribution < -0.4 is 15.0 Å². The van der Waals surface area contributed by atoms with Crippen molar-refractivity contribution in [3.8, 4) is 11.4 Å². The second-order valence-electron chi connectivity index (χ2n) is 8.12. The number of hydrogen-bond donors (Lipinski definition) is 1. The van der Waals surface area contributed by atoms with Gasteiger partial charge in [-0.1, -0.05) is 6.07 Å². The summed E-state index contributed by atoms with van der Waals surface area (Å²) in [6, 6.07) is 10.3. The smallest absolute Gasteiger partial charge is 0.416 e. The number of nitrogens with zero attached hydrogens (tertiary/aromatic N) is 3. The number of nitrogens with one attached hydrogen (secondary N) is 1. The maximum Gasteiger partial charge on any atom is 0.416 e. The lowest BCUT2D eigenvalue weighted by atomic mass is 10.0. The Balaban J connectivity index is 1.46. The number of ether oxygens (including phenoxy) is 1. The maximum atomic E-state index is 13.1. The molecule has 1 saturated heterocycles. The molecular weight excluding hydrogens is 433 g/mol. The SMILES string of the molecule is COc1cc(C(=O)NC2CCCN(c3cccc(C(F)(F)F)c3)C2)ccc1-n1cnc(C)c1. The molecule has 0 aliphatic carbocycles. The molecule has 1 aliphatic heterocycles. The van der Waals surface area contributed by atoms with Crippen molar-refractivity contribution < 1.29 is 22.7 Å². The van der Waals surface area contributed by atoms with Crippen LogP contribution in [0.5, 0.6) is 5.75 Å². The van der Waals surface area contributed by atoms with E-state index in [-0.39, 0.29) is 11.9 Å². The fourth-order valence-electron chi connectivity index (χ4n) is 4.06. The standard InChI is InChI=1S/C24H25F3N4O2/c1-16-13-31(15-28-16)21-9-8-17(11-22(21)33-2)23(32)29-19-6-4-10-30(14-19)20-7-3-5-18(12-20)24(25,26)27/h3,5,7-9,11-13,15,19H,4,6,10,14H2,1-2H3,(H,29,32). The molecule has 3 aromatic rings. The highest BCUT2D eigenvalue weighted by molar-refractivity contribution is 5.95. The van der Waals surface area contributed by atoms with E-state index in [4.69, 9.17) is 4.74 Å². The van der Waals surface area contributed by atoms with Crippen LogP contribution in [-0.2, 0) is 6.18 Å². The monoisotopic (exact) mass is 458 g/mol. The molecule has 6 nitrogen and oxygen atoms in total. The molecule has 174 valence electrons. The van der Waals surface area contributed by atoms with E-state index in [0.717, 1.165) is 36.4 Å². The van der Waals surface area contributed by atoms with E-state index in [1.54, 1.807) is 37.7 Å². The lowest BCUT2D eigenvalue weighted by molar-refractivity contribution is -0.137. The first kappa shape index (κ1) is 22.7. The lowest BCUT2D eigenvalue weighted by Crippen LogP contribution is -2.47. The Hall–Kier alpha value is -3.49. The van der Waals surface area contributed by atoms with Crippen LogP contribution in [0.2, 0.25) is 0 Å². The normalized spacial score (nSPS) is 16.5. The van der Waals surface area contributed by atoms with Crippen molar-refractivity contribution in [3.63, 3.8) is 0 Å². The molecule has 1 amide bonds. The summed E-state index contributed by atoms with van der Waals surface area (Å²) >= 11 is 0. The largest absolute Gasteiger partial charge is 0.495 e. The number of halogens is 3. The van der Waals surface area contributed by atoms with E-state index < -0.39 is 11.7 Å². The van der Waals surface area contributed by atoms with E-state index in [9.17, 15) is 18.0 Å². The molecule has 1 unspecified atom stereocenters. The molecular formula is C24H25F3N4O2. The summed E-state index contributed by atoms with van der Waals surface area (Å²) < 4.78 is 46.5. The summed E-state index contributed by atoms with van der Waals surface area (Å²) in [5, 5.41) is 3.02. The molecule has 4 rings (SSSR count). The Bertz CT molecular complexity index is 1140. The number of anilines is 1. The summed E-state index contributed by atoms with van der Waals surface area (Å²) in [6.07, 6.45) is 0.674. The molecule has 1 aromatic heterocycles. The van der Waals surface area contributed by atoms with Gasteiger partial charge in [0.2, 0.25) is 0 Å². The third kappa shape index (κ3) is 5.13. The van der Waals surface area contributed by atoms with Gasteiger partial charge in [0.05, 0.1) is 30.4 Å². The first-order valence-electron chi connectivity index (χ1n) is 10.7. The molecule has 0 saturated carbocycles. The van der Waals surface area contributed by atoms with Crippen molar-refractivity contribution in [1.82, 2.24) is 14.9 Å². The number of hydrogen-bond acceptors (Lipinski definition) is 4. The van der Waals surface area contributed by atoms with Gasteiger partial charge in [-0.2, -0.15) is 13.2 Å². The summed E-state index contributed by atoms with van der Waals surface area (Å²) in [6.45, 7) is 2.97. The van der Waals surface area contributed by atoms with Crippen LogP contribution in [-0.4, -0.2) is 41.7 Å². The Kier molecular flexibility index (Phi) is 6.31. The second-order valence-corrected chi connectivity index (χ2v) is 8.12. The summed E-state index contributed by atoms with van der Waals surface area (Å²) in [5.41, 5.74) is 1.91. The number of methoxy groups -OCH3 is 1. The third-order valence-electron chi connectivity index (χ3n) is 5.73. The molecule has 1 atom stereocenters. The van der Waals surface area contributed by atoms with Crippen molar-refractivity contribution in [2.24, 2.45) is 0 Å². The predicted octanol–water partition coefficient (Wildman–Crippen LogP) is 4.61. The number of amides is 1. The Labute approximate surface area is 190 Å². The van der Waals surface area contributed by atoms with Gasteiger partial charge in [-0.05, 0) is 56.2 Å². The van der Waals surface area contributed by atoms with E-state index in [0.29, 0.717) is 30.1 Å². The van der Waals surface area contributed by atoms with Gasteiger partial charge >= 0.3 is 6.18 Å². The minimum atomic E-state index is -4.39. The molecule has 1 N–H and O–H groups in total. The molecule has 0 spiro atoms. The van der Waals surface area contributed by atoms with Crippen LogP contribution in [0.25, 0.3) is 5.69 Å². The molecule has 1 aliphatic rings. The van der Waals surface area contributed by atoms with Crippen molar-refractivity contribution in [1.29, 1.82) is 0 Å². The number of carbonyl (C=O) groups is 1. The van der Waals surface area contributed by atoms with Crippen LogP contribution in [0.4, 0.5) is 18.9 Å². The van der Waals surface area contributed by atoms with Crippen LogP contribution in [0.1, 0.15) is 34.5 Å². The minimum Gasteiger partial charge on any atom is -0.495 e. The molecule has 2 aromatic carbocycles. The molecule has 33 heavy (non-hydrogen) atoms. The number of alkyl halides is 3. The fraction of sp³-hybridized carbons (Fsp3) is 0.333. The number of piperidine rings is 1.